The summed E-state index contributed by atoms with van der Waals surface area (Å²) in [5.74, 6) is 0. The fourth-order valence-corrected chi connectivity index (χ4v) is 1.82. The molecule has 2 N–H and O–H groups in total. The number of hydrogen-bond donors (Lipinski definition) is 2. The number of hydrogen-bond acceptors (Lipinski definition) is 2. The van der Waals surface area contributed by atoms with Crippen LogP contribution in [0.5, 0.6) is 0 Å². The SMILES string of the molecule is CCC(O)(CC)CNC(C)c1ccc(C)cc1. The summed E-state index contributed by atoms with van der Waals surface area (Å²) < 4.78 is 0. The van der Waals surface area contributed by atoms with E-state index in [1.54, 1.807) is 0 Å². The second kappa shape index (κ2) is 6.18. The van der Waals surface area contributed by atoms with E-state index in [4.69, 9.17) is 0 Å². The van der Waals surface area contributed by atoms with Crippen molar-refractivity contribution in [1.29, 1.82) is 0 Å². The Morgan fingerprint density at radius 2 is 1.71 bits per heavy atom. The minimum atomic E-state index is -0.570. The molecular weight excluding hydrogens is 210 g/mol. The Morgan fingerprint density at radius 1 is 1.18 bits per heavy atom. The van der Waals surface area contributed by atoms with Crippen LogP contribution < -0.4 is 5.32 Å². The summed E-state index contributed by atoms with van der Waals surface area (Å²) in [6.45, 7) is 8.93. The lowest BCUT2D eigenvalue weighted by molar-refractivity contribution is 0.0303. The van der Waals surface area contributed by atoms with Crippen LogP contribution in [-0.4, -0.2) is 17.3 Å². The summed E-state index contributed by atoms with van der Waals surface area (Å²) in [6.07, 6.45) is 1.58. The van der Waals surface area contributed by atoms with E-state index in [-0.39, 0.29) is 6.04 Å². The number of nitrogens with one attached hydrogen (secondary N) is 1. The first-order valence-electron chi connectivity index (χ1n) is 6.53. The lowest BCUT2D eigenvalue weighted by Crippen LogP contribution is -2.40. The van der Waals surface area contributed by atoms with E-state index in [1.165, 1.54) is 11.1 Å². The zero-order valence-corrected chi connectivity index (χ0v) is 11.5. The van der Waals surface area contributed by atoms with Crippen molar-refractivity contribution in [2.45, 2.75) is 52.2 Å². The number of benzene rings is 1. The van der Waals surface area contributed by atoms with Gasteiger partial charge in [0.2, 0.25) is 0 Å². The largest absolute Gasteiger partial charge is 0.389 e. The average molecular weight is 235 g/mol. The molecule has 1 rings (SSSR count). The molecule has 0 radical (unpaired) electrons. The molecule has 1 unspecified atom stereocenters. The maximum absolute atomic E-state index is 10.2. The van der Waals surface area contributed by atoms with Crippen molar-refractivity contribution in [1.82, 2.24) is 5.32 Å². The van der Waals surface area contributed by atoms with Gasteiger partial charge in [-0.2, -0.15) is 0 Å². The van der Waals surface area contributed by atoms with E-state index in [2.05, 4.69) is 43.4 Å². The molecule has 0 saturated carbocycles. The monoisotopic (exact) mass is 235 g/mol. The summed E-state index contributed by atoms with van der Waals surface area (Å²) >= 11 is 0. The zero-order chi connectivity index (χ0) is 12.9. The van der Waals surface area contributed by atoms with Gasteiger partial charge < -0.3 is 10.4 Å². The molecule has 17 heavy (non-hydrogen) atoms. The van der Waals surface area contributed by atoms with Crippen LogP contribution in [0.4, 0.5) is 0 Å². The third-order valence-corrected chi connectivity index (χ3v) is 3.63. The lowest BCUT2D eigenvalue weighted by Gasteiger charge is -2.27. The quantitative estimate of drug-likeness (QED) is 0.793. The van der Waals surface area contributed by atoms with Crippen molar-refractivity contribution in [2.24, 2.45) is 0 Å². The molecule has 1 aromatic rings. The Labute approximate surface area is 105 Å². The Hall–Kier alpha value is -0.860. The molecule has 0 aromatic heterocycles. The van der Waals surface area contributed by atoms with E-state index < -0.39 is 5.60 Å². The minimum Gasteiger partial charge on any atom is -0.389 e. The van der Waals surface area contributed by atoms with Crippen LogP contribution in [0.15, 0.2) is 24.3 Å². The van der Waals surface area contributed by atoms with Gasteiger partial charge in [-0.1, -0.05) is 43.7 Å². The van der Waals surface area contributed by atoms with E-state index in [0.717, 1.165) is 12.8 Å². The summed E-state index contributed by atoms with van der Waals surface area (Å²) in [6, 6.07) is 8.81. The molecule has 0 aliphatic rings. The Balaban J connectivity index is 2.55. The highest BCUT2D eigenvalue weighted by molar-refractivity contribution is 5.23. The third kappa shape index (κ3) is 4.14. The zero-order valence-electron chi connectivity index (χ0n) is 11.5. The van der Waals surface area contributed by atoms with Crippen LogP contribution in [0, 0.1) is 6.92 Å². The van der Waals surface area contributed by atoms with Crippen LogP contribution in [0.25, 0.3) is 0 Å². The van der Waals surface area contributed by atoms with Crippen LogP contribution >= 0.6 is 0 Å². The van der Waals surface area contributed by atoms with Crippen LogP contribution in [0.2, 0.25) is 0 Å². The van der Waals surface area contributed by atoms with Crippen molar-refractivity contribution in [2.75, 3.05) is 6.54 Å². The normalized spacial score (nSPS) is 13.7. The number of aryl methyl sites for hydroxylation is 1. The Kier molecular flexibility index (Phi) is 5.16. The van der Waals surface area contributed by atoms with Crippen LogP contribution in [-0.2, 0) is 0 Å². The van der Waals surface area contributed by atoms with Gasteiger partial charge in [-0.3, -0.25) is 0 Å². The summed E-state index contributed by atoms with van der Waals surface area (Å²) in [5, 5.41) is 13.6. The number of rotatable bonds is 6. The fraction of sp³-hybridized carbons (Fsp3) is 0.600. The molecule has 0 saturated heterocycles. The maximum Gasteiger partial charge on any atom is 0.0766 e. The molecule has 2 heteroatoms. The summed E-state index contributed by atoms with van der Waals surface area (Å²) in [5.41, 5.74) is 1.98. The molecule has 0 heterocycles. The number of aliphatic hydroxyl groups is 1. The van der Waals surface area contributed by atoms with Gasteiger partial charge >= 0.3 is 0 Å². The van der Waals surface area contributed by atoms with E-state index in [0.29, 0.717) is 6.54 Å². The molecular formula is C15H25NO. The van der Waals surface area contributed by atoms with E-state index in [9.17, 15) is 5.11 Å². The molecule has 1 aromatic carbocycles. The average Bonchev–Trinajstić information content (AvgIpc) is 2.36. The molecule has 0 spiro atoms. The molecule has 1 atom stereocenters. The molecule has 2 nitrogen and oxygen atoms in total. The smallest absolute Gasteiger partial charge is 0.0766 e. The fourth-order valence-electron chi connectivity index (χ4n) is 1.82. The van der Waals surface area contributed by atoms with Crippen molar-refractivity contribution < 1.29 is 5.11 Å². The van der Waals surface area contributed by atoms with Crippen LogP contribution in [0.1, 0.15) is 50.8 Å². The van der Waals surface area contributed by atoms with E-state index in [1.807, 2.05) is 13.8 Å². The van der Waals surface area contributed by atoms with Gasteiger partial charge in [-0.25, -0.2) is 0 Å². The lowest BCUT2D eigenvalue weighted by atomic mass is 9.96. The molecule has 0 bridgehead atoms. The van der Waals surface area contributed by atoms with Gasteiger partial charge in [0.1, 0.15) is 0 Å². The Morgan fingerprint density at radius 3 is 2.18 bits per heavy atom. The van der Waals surface area contributed by atoms with Gasteiger partial charge in [0.05, 0.1) is 5.60 Å². The molecule has 0 fully saturated rings. The highest BCUT2D eigenvalue weighted by Crippen LogP contribution is 2.17. The van der Waals surface area contributed by atoms with Gasteiger partial charge in [0.25, 0.3) is 0 Å². The standard InChI is InChI=1S/C15H25NO/c1-5-15(17,6-2)11-16-13(4)14-9-7-12(3)8-10-14/h7-10,13,16-17H,5-6,11H2,1-4H3. The second-order valence-electron chi connectivity index (χ2n) is 4.94. The molecule has 0 amide bonds. The van der Waals surface area contributed by atoms with Gasteiger partial charge in [0, 0.05) is 12.6 Å². The third-order valence-electron chi connectivity index (χ3n) is 3.63. The molecule has 0 aliphatic carbocycles. The second-order valence-corrected chi connectivity index (χ2v) is 4.94. The highest BCUT2D eigenvalue weighted by atomic mass is 16.3. The summed E-state index contributed by atoms with van der Waals surface area (Å²) in [7, 11) is 0. The Bertz CT molecular complexity index is 327. The first-order chi connectivity index (χ1) is 8.00. The summed E-state index contributed by atoms with van der Waals surface area (Å²) in [4.78, 5) is 0. The molecule has 0 aliphatic heterocycles. The molecule has 96 valence electrons. The van der Waals surface area contributed by atoms with Crippen LogP contribution in [0.3, 0.4) is 0 Å². The van der Waals surface area contributed by atoms with E-state index >= 15 is 0 Å². The predicted molar refractivity (Wildman–Crippen MR) is 73.1 cm³/mol. The predicted octanol–water partition coefficient (Wildman–Crippen LogP) is 3.20. The van der Waals surface area contributed by atoms with Gasteiger partial charge in [0.15, 0.2) is 0 Å². The highest BCUT2D eigenvalue weighted by Gasteiger charge is 2.22. The van der Waals surface area contributed by atoms with Gasteiger partial charge in [-0.05, 0) is 32.3 Å². The topological polar surface area (TPSA) is 32.3 Å². The van der Waals surface area contributed by atoms with Crippen molar-refractivity contribution >= 4 is 0 Å². The first kappa shape index (κ1) is 14.2. The van der Waals surface area contributed by atoms with Crippen molar-refractivity contribution in [3.8, 4) is 0 Å². The van der Waals surface area contributed by atoms with Crippen molar-refractivity contribution in [3.05, 3.63) is 35.4 Å². The first-order valence-corrected chi connectivity index (χ1v) is 6.53. The maximum atomic E-state index is 10.2. The van der Waals surface area contributed by atoms with Crippen molar-refractivity contribution in [3.63, 3.8) is 0 Å². The minimum absolute atomic E-state index is 0.278. The van der Waals surface area contributed by atoms with Gasteiger partial charge in [-0.15, -0.1) is 0 Å².